The van der Waals surface area contributed by atoms with Crippen molar-refractivity contribution < 1.29 is 34.6 Å². The van der Waals surface area contributed by atoms with Crippen LogP contribution in [0.25, 0.3) is 0 Å². The van der Waals surface area contributed by atoms with Gasteiger partial charge in [-0.3, -0.25) is 44.1 Å². The van der Waals surface area contributed by atoms with E-state index in [0.29, 0.717) is 57.9 Å². The summed E-state index contributed by atoms with van der Waals surface area (Å²) in [6.07, 6.45) is 0. The number of hydrogen-bond donors (Lipinski definition) is 3. The van der Waals surface area contributed by atoms with Crippen LogP contribution in [-0.4, -0.2) is 130 Å². The van der Waals surface area contributed by atoms with Gasteiger partial charge in [0.1, 0.15) is 0 Å². The fourth-order valence-corrected chi connectivity index (χ4v) is 3.85. The van der Waals surface area contributed by atoms with E-state index < -0.39 is 22.8 Å². The monoisotopic (exact) mass is 481 g/mol. The molecule has 0 bridgehead atoms. The zero-order valence-electron chi connectivity index (χ0n) is 18.9. The van der Waals surface area contributed by atoms with Crippen molar-refractivity contribution in [2.24, 2.45) is 0 Å². The van der Waals surface area contributed by atoms with Crippen LogP contribution in [0.1, 0.15) is 5.56 Å². The maximum absolute atomic E-state index is 11.4. The molecule has 188 valence electrons. The number of hydrogen-bond acceptors (Lipinski definition) is 9. The van der Waals surface area contributed by atoms with E-state index in [2.05, 4.69) is 0 Å². The Morgan fingerprint density at radius 1 is 0.706 bits per heavy atom. The van der Waals surface area contributed by atoms with E-state index in [1.165, 1.54) is 6.07 Å². The number of carboxylic acids is 3. The van der Waals surface area contributed by atoms with Crippen LogP contribution in [0.2, 0.25) is 0 Å². The molecule has 2 rings (SSSR count). The highest BCUT2D eigenvalue weighted by molar-refractivity contribution is 5.69. The van der Waals surface area contributed by atoms with E-state index in [4.69, 9.17) is 0 Å². The SMILES string of the molecule is O=C(O)CN1CCN(CC(=O)O)CCN(Cc2ccccc2[N+](=O)[O-])CCN(CC(=O)O)CC1. The first-order valence-electron chi connectivity index (χ1n) is 10.9. The van der Waals surface area contributed by atoms with E-state index in [1.807, 2.05) is 4.90 Å². The molecule has 0 spiro atoms. The lowest BCUT2D eigenvalue weighted by Gasteiger charge is -2.33. The fourth-order valence-electron chi connectivity index (χ4n) is 3.85. The average Bonchev–Trinajstić information content (AvgIpc) is 2.74. The van der Waals surface area contributed by atoms with Crippen LogP contribution >= 0.6 is 0 Å². The predicted octanol–water partition coefficient (Wildman–Crippen LogP) is -0.430. The Morgan fingerprint density at radius 2 is 1.06 bits per heavy atom. The molecule has 34 heavy (non-hydrogen) atoms. The summed E-state index contributed by atoms with van der Waals surface area (Å²) in [5.41, 5.74) is 0.504. The number of nitro benzene ring substituents is 1. The van der Waals surface area contributed by atoms with Gasteiger partial charge in [-0.05, 0) is 0 Å². The van der Waals surface area contributed by atoms with Crippen LogP contribution < -0.4 is 0 Å². The molecule has 1 heterocycles. The van der Waals surface area contributed by atoms with E-state index in [9.17, 15) is 39.8 Å². The van der Waals surface area contributed by atoms with Gasteiger partial charge in [-0.15, -0.1) is 0 Å². The Kier molecular flexibility index (Phi) is 10.8. The third-order valence-electron chi connectivity index (χ3n) is 5.59. The molecular weight excluding hydrogens is 450 g/mol. The van der Waals surface area contributed by atoms with Crippen molar-refractivity contribution in [3.63, 3.8) is 0 Å². The second-order valence-corrected chi connectivity index (χ2v) is 8.17. The minimum Gasteiger partial charge on any atom is -0.480 e. The van der Waals surface area contributed by atoms with Gasteiger partial charge >= 0.3 is 17.9 Å². The number of carboxylic acid groups (broad SMARTS) is 3. The standard InChI is InChI=1S/C21H31N5O8/c27-19(28)14-23-7-5-22(13-17-3-1-2-4-18(17)26(33)34)6-8-24(15-20(29)30)10-12-25(11-9-23)16-21(31)32/h1-4H,5-16H2,(H,27,28)(H,29,30)(H,31,32). The molecule has 0 aliphatic carbocycles. The van der Waals surface area contributed by atoms with Crippen molar-refractivity contribution in [2.45, 2.75) is 6.54 Å². The highest BCUT2D eigenvalue weighted by Crippen LogP contribution is 2.19. The molecule has 3 N–H and O–H groups in total. The molecule has 0 unspecified atom stereocenters. The molecule has 0 aromatic heterocycles. The summed E-state index contributed by atoms with van der Waals surface area (Å²) in [4.78, 5) is 51.9. The van der Waals surface area contributed by atoms with Gasteiger partial charge in [0.05, 0.1) is 24.6 Å². The molecule has 0 saturated carbocycles. The van der Waals surface area contributed by atoms with Crippen molar-refractivity contribution in [1.82, 2.24) is 19.6 Å². The Hall–Kier alpha value is -3.13. The van der Waals surface area contributed by atoms with Crippen molar-refractivity contribution in [2.75, 3.05) is 72.0 Å². The quantitative estimate of drug-likeness (QED) is 0.308. The van der Waals surface area contributed by atoms with Crippen LogP contribution in [-0.2, 0) is 20.9 Å². The van der Waals surface area contributed by atoms with E-state index >= 15 is 0 Å². The van der Waals surface area contributed by atoms with E-state index in [1.54, 1.807) is 32.9 Å². The summed E-state index contributed by atoms with van der Waals surface area (Å²) in [7, 11) is 0. The topological polar surface area (TPSA) is 168 Å². The second kappa shape index (κ2) is 13.5. The lowest BCUT2D eigenvalue weighted by molar-refractivity contribution is -0.385. The molecule has 1 saturated heterocycles. The Balaban J connectivity index is 2.23. The summed E-state index contributed by atoms with van der Waals surface area (Å²) < 4.78 is 0. The van der Waals surface area contributed by atoms with Crippen molar-refractivity contribution in [3.05, 3.63) is 39.9 Å². The minimum absolute atomic E-state index is 0.0114. The summed E-state index contributed by atoms with van der Waals surface area (Å²) in [6, 6.07) is 6.39. The average molecular weight is 482 g/mol. The van der Waals surface area contributed by atoms with Crippen molar-refractivity contribution in [3.8, 4) is 0 Å². The van der Waals surface area contributed by atoms with Gasteiger partial charge in [-0.2, -0.15) is 0 Å². The van der Waals surface area contributed by atoms with Gasteiger partial charge in [-0.25, -0.2) is 0 Å². The van der Waals surface area contributed by atoms with Crippen molar-refractivity contribution >= 4 is 23.6 Å². The number of para-hydroxylation sites is 1. The maximum atomic E-state index is 11.4. The lowest BCUT2D eigenvalue weighted by Crippen LogP contribution is -2.48. The fraction of sp³-hybridized carbons (Fsp3) is 0.571. The van der Waals surface area contributed by atoms with Crippen LogP contribution in [0.4, 0.5) is 5.69 Å². The highest BCUT2D eigenvalue weighted by atomic mass is 16.6. The van der Waals surface area contributed by atoms with Gasteiger partial charge in [0.15, 0.2) is 0 Å². The molecule has 1 aliphatic heterocycles. The number of benzene rings is 1. The largest absolute Gasteiger partial charge is 0.480 e. The van der Waals surface area contributed by atoms with Crippen LogP contribution in [0.5, 0.6) is 0 Å². The summed E-state index contributed by atoms with van der Waals surface area (Å²) >= 11 is 0. The third-order valence-corrected chi connectivity index (χ3v) is 5.59. The smallest absolute Gasteiger partial charge is 0.317 e. The number of rotatable bonds is 9. The highest BCUT2D eigenvalue weighted by Gasteiger charge is 2.21. The number of nitrogens with zero attached hydrogens (tertiary/aromatic N) is 5. The maximum Gasteiger partial charge on any atom is 0.317 e. The van der Waals surface area contributed by atoms with Crippen LogP contribution in [0, 0.1) is 10.1 Å². The number of nitro groups is 1. The molecule has 0 amide bonds. The zero-order chi connectivity index (χ0) is 25.1. The molecule has 0 radical (unpaired) electrons. The van der Waals surface area contributed by atoms with Gasteiger partial charge in [0, 0.05) is 70.5 Å². The van der Waals surface area contributed by atoms with E-state index in [-0.39, 0.29) is 31.9 Å². The molecule has 1 aromatic carbocycles. The van der Waals surface area contributed by atoms with Crippen LogP contribution in [0.15, 0.2) is 24.3 Å². The predicted molar refractivity (Wildman–Crippen MR) is 121 cm³/mol. The summed E-state index contributed by atoms with van der Waals surface area (Å²) in [5, 5.41) is 39.2. The van der Waals surface area contributed by atoms with Gasteiger partial charge in [0.25, 0.3) is 5.69 Å². The Morgan fingerprint density at radius 3 is 1.41 bits per heavy atom. The molecule has 13 nitrogen and oxygen atoms in total. The molecule has 1 fully saturated rings. The molecule has 1 aromatic rings. The first-order valence-corrected chi connectivity index (χ1v) is 10.9. The Bertz CT molecular complexity index is 835. The summed E-state index contributed by atoms with van der Waals surface area (Å²) in [6.45, 7) is 2.36. The number of aliphatic carboxylic acids is 3. The van der Waals surface area contributed by atoms with Crippen molar-refractivity contribution in [1.29, 1.82) is 0 Å². The van der Waals surface area contributed by atoms with E-state index in [0.717, 1.165) is 0 Å². The summed E-state index contributed by atoms with van der Waals surface area (Å²) in [5.74, 6) is -3.03. The third kappa shape index (κ3) is 9.79. The van der Waals surface area contributed by atoms with Gasteiger partial charge in [0.2, 0.25) is 0 Å². The number of carbonyl (C=O) groups is 3. The molecular formula is C21H31N5O8. The first kappa shape index (κ1) is 27.1. The molecule has 13 heteroatoms. The normalized spacial score (nSPS) is 18.0. The Labute approximate surface area is 196 Å². The van der Waals surface area contributed by atoms with Gasteiger partial charge in [-0.1, -0.05) is 18.2 Å². The molecule has 1 aliphatic rings. The lowest BCUT2D eigenvalue weighted by atomic mass is 10.1. The zero-order valence-corrected chi connectivity index (χ0v) is 18.9. The van der Waals surface area contributed by atoms with Gasteiger partial charge < -0.3 is 15.3 Å². The molecule has 0 atom stereocenters. The minimum atomic E-state index is -1.02. The second-order valence-electron chi connectivity index (χ2n) is 8.17. The van der Waals surface area contributed by atoms with Crippen LogP contribution in [0.3, 0.4) is 0 Å². The first-order chi connectivity index (χ1) is 16.1.